The molecule has 1 radical (unpaired) electrons. The van der Waals surface area contributed by atoms with E-state index in [1.165, 1.54) is 33.5 Å². The number of hydrogen-bond acceptors (Lipinski definition) is 5. The Hall–Kier alpha value is -3.86. The fourth-order valence-corrected chi connectivity index (χ4v) is 6.48. The van der Waals surface area contributed by atoms with Crippen molar-refractivity contribution >= 4 is 49.4 Å². The Balaban J connectivity index is 0.000000312. The smallest absolute Gasteiger partial charge is 0.164 e. The van der Waals surface area contributed by atoms with Gasteiger partial charge < -0.3 is 9.52 Å². The molecular weight excluding hydrogens is 809 g/mol. The molecule has 0 aliphatic rings. The van der Waals surface area contributed by atoms with Crippen LogP contribution < -0.4 is 0 Å². The number of nitrogens with zero attached hydrogens (tertiary/aromatic N) is 2. The predicted octanol–water partition coefficient (Wildman–Crippen LogP) is 12.6. The van der Waals surface area contributed by atoms with Gasteiger partial charge in [-0.25, -0.2) is 4.98 Å². The summed E-state index contributed by atoms with van der Waals surface area (Å²) >= 11 is 0. The van der Waals surface area contributed by atoms with E-state index in [0.717, 1.165) is 63.4 Å². The predicted molar refractivity (Wildman–Crippen MR) is 210 cm³/mol. The van der Waals surface area contributed by atoms with Crippen molar-refractivity contribution in [2.45, 2.75) is 101 Å². The van der Waals surface area contributed by atoms with Gasteiger partial charge in [0.1, 0.15) is 17.7 Å². The van der Waals surface area contributed by atoms with Gasteiger partial charge in [0.15, 0.2) is 5.78 Å². The number of carbonyl (C=O) groups is 1. The zero-order valence-corrected chi connectivity index (χ0v) is 34.5. The summed E-state index contributed by atoms with van der Waals surface area (Å²) in [6, 6.07) is 23.0. The van der Waals surface area contributed by atoms with E-state index in [4.69, 9.17) is 14.4 Å². The van der Waals surface area contributed by atoms with E-state index in [1.54, 1.807) is 6.33 Å². The summed E-state index contributed by atoms with van der Waals surface area (Å²) in [6.45, 7) is 22.7. The summed E-state index contributed by atoms with van der Waals surface area (Å²) in [7, 11) is 0. The van der Waals surface area contributed by atoms with Crippen LogP contribution in [0.1, 0.15) is 105 Å². The van der Waals surface area contributed by atoms with E-state index in [2.05, 4.69) is 89.2 Å². The monoisotopic (exact) mass is 862 g/mol. The molecule has 0 saturated heterocycles. The fraction of sp³-hybridized carbons (Fsp3) is 0.400. The van der Waals surface area contributed by atoms with Gasteiger partial charge >= 0.3 is 0 Å². The first-order valence-corrected chi connectivity index (χ1v) is 18.1. The molecule has 6 heteroatoms. The molecule has 0 spiro atoms. The molecule has 0 fully saturated rings. The zero-order chi connectivity index (χ0) is 36.5. The molecule has 5 nitrogen and oxygen atoms in total. The van der Waals surface area contributed by atoms with Crippen LogP contribution in [-0.2, 0) is 31.3 Å². The molecule has 51 heavy (non-hydrogen) atoms. The number of aryl methyl sites for hydroxylation is 1. The van der Waals surface area contributed by atoms with E-state index in [-0.39, 0.29) is 37.1 Å². The van der Waals surface area contributed by atoms with Gasteiger partial charge in [-0.1, -0.05) is 117 Å². The van der Waals surface area contributed by atoms with E-state index in [0.29, 0.717) is 11.8 Å². The number of benzene rings is 4. The maximum Gasteiger partial charge on any atom is 0.164 e. The number of allylic oxidation sites excluding steroid dienone is 2. The molecule has 271 valence electrons. The fourth-order valence-electron chi connectivity index (χ4n) is 6.48. The van der Waals surface area contributed by atoms with Crippen molar-refractivity contribution in [1.29, 1.82) is 0 Å². The van der Waals surface area contributed by atoms with Crippen LogP contribution in [0.25, 0.3) is 54.9 Å². The molecule has 1 N–H and O–H groups in total. The van der Waals surface area contributed by atoms with Crippen LogP contribution in [0.15, 0.2) is 77.2 Å². The number of fused-ring (bicyclic) bond motifs is 6. The van der Waals surface area contributed by atoms with E-state index < -0.39 is 5.41 Å². The Kier molecular flexibility index (Phi) is 12.4. The average molecular weight is 862 g/mol. The standard InChI is InChI=1S/C32H29N2O.C13H24O2.Ir/c1-18(2)13-21-14-20(5)29-23(15-21)10-12-26-30(33-17-34-31(26)29)27-8-6-7-25-24-11-9-22(19(3)4)16-28(24)35-32(25)27;1-7-13(6,8-2)11(15)9-10(14)12(3,4)5;/h6-7,9-12,14-19H,13H2,1-5H3;9,15H,7-8H2,1-6H3;/q-1;;/b;11-9-;. The van der Waals surface area contributed by atoms with Gasteiger partial charge in [-0.3, -0.25) is 9.78 Å². The minimum Gasteiger partial charge on any atom is -0.512 e. The molecule has 4 aromatic carbocycles. The van der Waals surface area contributed by atoms with Crippen LogP contribution in [0.4, 0.5) is 0 Å². The molecule has 6 aromatic rings. The van der Waals surface area contributed by atoms with Crippen LogP contribution in [0.5, 0.6) is 0 Å². The van der Waals surface area contributed by atoms with Crippen molar-refractivity contribution in [2.24, 2.45) is 16.7 Å². The number of aliphatic hydroxyl groups is 1. The minimum absolute atomic E-state index is 0. The van der Waals surface area contributed by atoms with Crippen molar-refractivity contribution < 1.29 is 34.4 Å². The number of carbonyl (C=O) groups excluding carboxylic acids is 1. The Bertz CT molecular complexity index is 2210. The van der Waals surface area contributed by atoms with E-state index >= 15 is 0 Å². The van der Waals surface area contributed by atoms with Crippen LogP contribution in [0, 0.1) is 29.7 Å². The van der Waals surface area contributed by atoms with Gasteiger partial charge in [-0.05, 0) is 71.6 Å². The third-order valence-corrected chi connectivity index (χ3v) is 10.2. The second-order valence-corrected chi connectivity index (χ2v) is 15.8. The number of ketones is 1. The Morgan fingerprint density at radius 1 is 0.922 bits per heavy atom. The first-order chi connectivity index (χ1) is 23.6. The molecule has 0 aliphatic carbocycles. The number of aliphatic hydroxyl groups excluding tert-OH is 1. The maximum atomic E-state index is 11.7. The Morgan fingerprint density at radius 2 is 1.61 bits per heavy atom. The quantitative estimate of drug-likeness (QED) is 0.0714. The second kappa shape index (κ2) is 15.8. The normalized spacial score (nSPS) is 12.5. The number of furan rings is 1. The van der Waals surface area contributed by atoms with Crippen molar-refractivity contribution in [2.75, 3.05) is 0 Å². The van der Waals surface area contributed by atoms with Gasteiger partial charge in [0.05, 0.1) is 11.1 Å². The van der Waals surface area contributed by atoms with Crippen molar-refractivity contribution in [3.63, 3.8) is 0 Å². The summed E-state index contributed by atoms with van der Waals surface area (Å²) in [5.41, 5.74) is 7.66. The minimum atomic E-state index is -0.420. The maximum absolute atomic E-state index is 11.7. The molecule has 0 saturated carbocycles. The molecule has 0 amide bonds. The van der Waals surface area contributed by atoms with Crippen molar-refractivity contribution in [3.8, 4) is 11.3 Å². The molecule has 2 heterocycles. The summed E-state index contributed by atoms with van der Waals surface area (Å²) < 4.78 is 6.45. The van der Waals surface area contributed by atoms with Crippen LogP contribution in [-0.4, -0.2) is 20.9 Å². The molecule has 0 unspecified atom stereocenters. The molecule has 2 aromatic heterocycles. The van der Waals surface area contributed by atoms with Gasteiger partial charge in [0.2, 0.25) is 0 Å². The summed E-state index contributed by atoms with van der Waals surface area (Å²) in [4.78, 5) is 21.2. The number of rotatable bonds is 8. The van der Waals surface area contributed by atoms with Crippen molar-refractivity contribution in [3.05, 3.63) is 95.5 Å². The summed E-state index contributed by atoms with van der Waals surface area (Å²) in [5, 5.41) is 15.6. The summed E-state index contributed by atoms with van der Waals surface area (Å²) in [5.74, 6) is 1.26. The van der Waals surface area contributed by atoms with Crippen molar-refractivity contribution in [1.82, 2.24) is 9.97 Å². The first-order valence-electron chi connectivity index (χ1n) is 18.1. The molecular formula is C45H53IrN2O3-. The Morgan fingerprint density at radius 3 is 2.24 bits per heavy atom. The van der Waals surface area contributed by atoms with E-state index in [9.17, 15) is 9.90 Å². The topological polar surface area (TPSA) is 76.2 Å². The van der Waals surface area contributed by atoms with Gasteiger partial charge in [0, 0.05) is 53.5 Å². The largest absolute Gasteiger partial charge is 0.512 e. The summed E-state index contributed by atoms with van der Waals surface area (Å²) in [6.07, 6.45) is 5.82. The SMILES string of the molecule is CCC(C)(CC)/C(O)=C/C(=O)C(C)(C)C.Cc1cc(CC(C)C)cc2ccc3c(-c4[c-]ccc5c4oc4cc(C(C)C)ccc45)ncnc3c12.[Ir]. The van der Waals surface area contributed by atoms with Gasteiger partial charge in [-0.2, -0.15) is 0 Å². The van der Waals surface area contributed by atoms with E-state index in [1.807, 2.05) is 47.6 Å². The number of hydrogen-bond donors (Lipinski definition) is 1. The molecule has 6 rings (SSSR count). The van der Waals surface area contributed by atoms with Gasteiger partial charge in [0.25, 0.3) is 0 Å². The third-order valence-electron chi connectivity index (χ3n) is 10.2. The average Bonchev–Trinajstić information content (AvgIpc) is 3.45. The first kappa shape index (κ1) is 39.9. The van der Waals surface area contributed by atoms with Gasteiger partial charge in [-0.15, -0.1) is 18.2 Å². The van der Waals surface area contributed by atoms with Crippen LogP contribution in [0.2, 0.25) is 0 Å². The molecule has 0 atom stereocenters. The zero-order valence-electron chi connectivity index (χ0n) is 32.1. The Labute approximate surface area is 317 Å². The molecule has 0 bridgehead atoms. The third kappa shape index (κ3) is 8.29. The number of aromatic nitrogens is 2. The second-order valence-electron chi connectivity index (χ2n) is 15.8. The van der Waals surface area contributed by atoms with Crippen LogP contribution >= 0.6 is 0 Å². The molecule has 0 aliphatic heterocycles. The van der Waals surface area contributed by atoms with Crippen LogP contribution in [0.3, 0.4) is 0 Å².